The SMILES string of the molecule is CC(C(=O)Cl)c1cc(C(F)(F)F)ccc1Cl. The molecule has 88 valence electrons. The van der Waals surface area contributed by atoms with Crippen LogP contribution in [0.3, 0.4) is 0 Å². The van der Waals surface area contributed by atoms with E-state index in [9.17, 15) is 18.0 Å². The van der Waals surface area contributed by atoms with E-state index in [2.05, 4.69) is 0 Å². The second-order valence-electron chi connectivity index (χ2n) is 3.26. The lowest BCUT2D eigenvalue weighted by atomic mass is 10.00. The van der Waals surface area contributed by atoms with Gasteiger partial charge in [-0.15, -0.1) is 0 Å². The van der Waals surface area contributed by atoms with E-state index in [0.717, 1.165) is 18.2 Å². The largest absolute Gasteiger partial charge is 0.416 e. The summed E-state index contributed by atoms with van der Waals surface area (Å²) in [5.74, 6) is -0.864. The average molecular weight is 271 g/mol. The fourth-order valence-corrected chi connectivity index (χ4v) is 1.57. The fourth-order valence-electron chi connectivity index (χ4n) is 1.17. The minimum atomic E-state index is -4.46. The molecule has 0 aromatic heterocycles. The van der Waals surface area contributed by atoms with Gasteiger partial charge in [0.1, 0.15) is 0 Å². The van der Waals surface area contributed by atoms with Crippen LogP contribution in [0.1, 0.15) is 24.0 Å². The normalized spacial score (nSPS) is 13.6. The summed E-state index contributed by atoms with van der Waals surface area (Å²) in [6.45, 7) is 1.40. The maximum atomic E-state index is 12.4. The van der Waals surface area contributed by atoms with Crippen LogP contribution in [-0.2, 0) is 11.0 Å². The summed E-state index contributed by atoms with van der Waals surface area (Å²) in [6, 6.07) is 2.81. The third-order valence-corrected chi connectivity index (χ3v) is 2.80. The van der Waals surface area contributed by atoms with Crippen LogP contribution < -0.4 is 0 Å². The van der Waals surface area contributed by atoms with E-state index < -0.39 is 22.9 Å². The molecule has 16 heavy (non-hydrogen) atoms. The molecule has 1 nitrogen and oxygen atoms in total. The van der Waals surface area contributed by atoms with Gasteiger partial charge in [0.25, 0.3) is 0 Å². The molecule has 0 bridgehead atoms. The van der Waals surface area contributed by atoms with Crippen LogP contribution in [0.25, 0.3) is 0 Å². The van der Waals surface area contributed by atoms with Crippen molar-refractivity contribution >= 4 is 28.4 Å². The molecular formula is C10H7Cl2F3O. The smallest absolute Gasteiger partial charge is 0.281 e. The van der Waals surface area contributed by atoms with Gasteiger partial charge in [-0.2, -0.15) is 13.2 Å². The van der Waals surface area contributed by atoms with E-state index in [-0.39, 0.29) is 10.6 Å². The van der Waals surface area contributed by atoms with Gasteiger partial charge >= 0.3 is 6.18 Å². The molecule has 0 fully saturated rings. The van der Waals surface area contributed by atoms with Gasteiger partial charge in [-0.25, -0.2) is 0 Å². The van der Waals surface area contributed by atoms with Crippen molar-refractivity contribution in [3.05, 3.63) is 34.3 Å². The van der Waals surface area contributed by atoms with Crippen LogP contribution in [0.5, 0.6) is 0 Å². The zero-order valence-electron chi connectivity index (χ0n) is 8.11. The summed E-state index contributed by atoms with van der Waals surface area (Å²) in [7, 11) is 0. The minimum Gasteiger partial charge on any atom is -0.281 e. The highest BCUT2D eigenvalue weighted by molar-refractivity contribution is 6.64. The Hall–Kier alpha value is -0.740. The Balaban J connectivity index is 3.24. The van der Waals surface area contributed by atoms with E-state index in [4.69, 9.17) is 23.2 Å². The Morgan fingerprint density at radius 1 is 1.38 bits per heavy atom. The van der Waals surface area contributed by atoms with Gasteiger partial charge in [0, 0.05) is 5.02 Å². The molecule has 0 heterocycles. The highest BCUT2D eigenvalue weighted by Gasteiger charge is 2.31. The maximum Gasteiger partial charge on any atom is 0.416 e. The first kappa shape index (κ1) is 13.3. The number of alkyl halides is 3. The van der Waals surface area contributed by atoms with Gasteiger partial charge in [0.05, 0.1) is 11.5 Å². The summed E-state index contributed by atoms with van der Waals surface area (Å²) in [4.78, 5) is 10.9. The molecule has 1 aromatic rings. The lowest BCUT2D eigenvalue weighted by Crippen LogP contribution is -2.08. The molecular weight excluding hydrogens is 264 g/mol. The molecule has 1 unspecified atom stereocenters. The van der Waals surface area contributed by atoms with Crippen molar-refractivity contribution in [2.45, 2.75) is 19.0 Å². The summed E-state index contributed by atoms with van der Waals surface area (Å²) in [5.41, 5.74) is -0.770. The summed E-state index contributed by atoms with van der Waals surface area (Å²) in [5, 5.41) is -0.657. The van der Waals surface area contributed by atoms with Crippen LogP contribution >= 0.6 is 23.2 Å². The van der Waals surface area contributed by atoms with Crippen LogP contribution in [0.15, 0.2) is 18.2 Å². The van der Waals surface area contributed by atoms with Gasteiger partial charge in [-0.3, -0.25) is 4.79 Å². The number of benzene rings is 1. The first-order valence-electron chi connectivity index (χ1n) is 4.29. The van der Waals surface area contributed by atoms with Crippen molar-refractivity contribution in [2.24, 2.45) is 0 Å². The number of carbonyl (C=O) groups excluding carboxylic acids is 1. The van der Waals surface area contributed by atoms with Crippen molar-refractivity contribution in [3.8, 4) is 0 Å². The van der Waals surface area contributed by atoms with Gasteiger partial charge in [-0.1, -0.05) is 18.5 Å². The minimum absolute atomic E-state index is 0.0801. The third-order valence-electron chi connectivity index (χ3n) is 2.13. The summed E-state index contributed by atoms with van der Waals surface area (Å²) in [6.07, 6.45) is -4.46. The molecule has 1 atom stereocenters. The van der Waals surface area contributed by atoms with Crippen molar-refractivity contribution in [1.29, 1.82) is 0 Å². The third kappa shape index (κ3) is 2.89. The van der Waals surface area contributed by atoms with Crippen LogP contribution in [0, 0.1) is 0 Å². The zero-order chi connectivity index (χ0) is 12.5. The van der Waals surface area contributed by atoms with Gasteiger partial charge in [-0.05, 0) is 35.4 Å². The number of carbonyl (C=O) groups is 1. The molecule has 1 aromatic carbocycles. The molecule has 6 heteroatoms. The van der Waals surface area contributed by atoms with Crippen molar-refractivity contribution in [3.63, 3.8) is 0 Å². The van der Waals surface area contributed by atoms with Gasteiger partial charge in [0.15, 0.2) is 0 Å². The topological polar surface area (TPSA) is 17.1 Å². The van der Waals surface area contributed by atoms with E-state index in [1.165, 1.54) is 6.92 Å². The standard InChI is InChI=1S/C10H7Cl2F3O/c1-5(9(12)16)7-4-6(10(13,14)15)2-3-8(7)11/h2-5H,1H3. The van der Waals surface area contributed by atoms with E-state index in [1.54, 1.807) is 0 Å². The molecule has 1 rings (SSSR count). The molecule has 0 saturated heterocycles. The van der Waals surface area contributed by atoms with Crippen LogP contribution in [0.2, 0.25) is 5.02 Å². The molecule has 0 amide bonds. The number of halogens is 5. The maximum absolute atomic E-state index is 12.4. The molecule has 0 aliphatic carbocycles. The first-order valence-corrected chi connectivity index (χ1v) is 5.05. The van der Waals surface area contributed by atoms with Crippen molar-refractivity contribution < 1.29 is 18.0 Å². The zero-order valence-corrected chi connectivity index (χ0v) is 9.62. The first-order chi connectivity index (χ1) is 7.23. The monoisotopic (exact) mass is 270 g/mol. The quantitative estimate of drug-likeness (QED) is 0.736. The predicted molar refractivity (Wildman–Crippen MR) is 55.7 cm³/mol. The van der Waals surface area contributed by atoms with Gasteiger partial charge in [0.2, 0.25) is 5.24 Å². The number of hydrogen-bond acceptors (Lipinski definition) is 1. The van der Waals surface area contributed by atoms with Crippen molar-refractivity contribution in [1.82, 2.24) is 0 Å². The van der Waals surface area contributed by atoms with E-state index in [1.807, 2.05) is 0 Å². The number of hydrogen-bond donors (Lipinski definition) is 0. The average Bonchev–Trinajstić information content (AvgIpc) is 2.15. The van der Waals surface area contributed by atoms with E-state index >= 15 is 0 Å². The van der Waals surface area contributed by atoms with Gasteiger partial charge < -0.3 is 0 Å². The Morgan fingerprint density at radius 2 is 1.94 bits per heavy atom. The highest BCUT2D eigenvalue weighted by atomic mass is 35.5. The highest BCUT2D eigenvalue weighted by Crippen LogP contribution is 2.34. The molecule has 0 spiro atoms. The molecule has 0 N–H and O–H groups in total. The Kier molecular flexibility index (Phi) is 3.86. The lowest BCUT2D eigenvalue weighted by molar-refractivity contribution is -0.137. The predicted octanol–water partition coefficient (Wildman–Crippen LogP) is 4.23. The van der Waals surface area contributed by atoms with E-state index in [0.29, 0.717) is 0 Å². The van der Waals surface area contributed by atoms with Crippen molar-refractivity contribution in [2.75, 3.05) is 0 Å². The summed E-state index contributed by atoms with van der Waals surface area (Å²) < 4.78 is 37.2. The molecule has 0 saturated carbocycles. The lowest BCUT2D eigenvalue weighted by Gasteiger charge is -2.13. The Labute approximate surface area is 100 Å². The number of rotatable bonds is 2. The Bertz CT molecular complexity index is 415. The second-order valence-corrected chi connectivity index (χ2v) is 4.04. The second kappa shape index (κ2) is 4.63. The molecule has 0 radical (unpaired) electrons. The fraction of sp³-hybridized carbons (Fsp3) is 0.300. The Morgan fingerprint density at radius 3 is 2.38 bits per heavy atom. The molecule has 0 aliphatic rings. The summed E-state index contributed by atoms with van der Waals surface area (Å²) >= 11 is 10.9. The van der Waals surface area contributed by atoms with Crippen LogP contribution in [-0.4, -0.2) is 5.24 Å². The molecule has 0 aliphatic heterocycles. The van der Waals surface area contributed by atoms with Crippen LogP contribution in [0.4, 0.5) is 13.2 Å².